The first kappa shape index (κ1) is 41.1. The van der Waals surface area contributed by atoms with E-state index in [0.29, 0.717) is 37.3 Å². The average molecular weight is 797 g/mol. The van der Waals surface area contributed by atoms with Gasteiger partial charge in [0, 0.05) is 50.4 Å². The number of carbonyl (C=O) groups is 4. The molecule has 56 heavy (non-hydrogen) atoms. The van der Waals surface area contributed by atoms with Gasteiger partial charge in [-0.1, -0.05) is 6.07 Å². The van der Waals surface area contributed by atoms with Crippen LogP contribution in [0, 0.1) is 11.3 Å². The predicted octanol–water partition coefficient (Wildman–Crippen LogP) is 4.57. The lowest BCUT2D eigenvalue weighted by Gasteiger charge is -2.44. The standard InChI is InChI=1S/C39H47F3N8O5S/c1-23-20-47(21-24(2)48(23)22-34(52)45-32-13-6-26(19-44-32)30-12-14-33(51)46-35(30)53)15-16-55-29-10-8-27(9-11-29)50-37(56)49(36(54)38(50,3)4)28-7-5-25(18-43)31(17-28)39(40,41)42/h5-7,13,17,19,23-24,27,29-30H,8-12,14-16,20-22H2,1-4H3,(H,44,45,52)(H,46,51,53)/t23-,24+,27?,29?,30?. The number of benzene rings is 1. The summed E-state index contributed by atoms with van der Waals surface area (Å²) in [7, 11) is 0. The van der Waals surface area contributed by atoms with Crippen LogP contribution in [0.15, 0.2) is 36.5 Å². The van der Waals surface area contributed by atoms with Crippen LogP contribution in [0.3, 0.4) is 0 Å². The second kappa shape index (κ2) is 16.5. The summed E-state index contributed by atoms with van der Waals surface area (Å²) < 4.78 is 47.5. The lowest BCUT2D eigenvalue weighted by molar-refractivity contribution is -0.138. The van der Waals surface area contributed by atoms with Gasteiger partial charge >= 0.3 is 6.18 Å². The third-order valence-corrected chi connectivity index (χ3v) is 11.8. The van der Waals surface area contributed by atoms with Crippen molar-refractivity contribution in [2.45, 2.75) is 108 Å². The molecule has 4 amide bonds. The van der Waals surface area contributed by atoms with Gasteiger partial charge in [-0.2, -0.15) is 18.4 Å². The number of piperidine rings is 1. The molecule has 1 saturated carbocycles. The van der Waals surface area contributed by atoms with Crippen molar-refractivity contribution in [3.63, 3.8) is 0 Å². The summed E-state index contributed by atoms with van der Waals surface area (Å²) >= 11 is 5.73. The lowest BCUT2D eigenvalue weighted by atomic mass is 9.89. The molecule has 3 atom stereocenters. The first-order valence-electron chi connectivity index (χ1n) is 19.0. The molecule has 6 rings (SSSR count). The Labute approximate surface area is 329 Å². The van der Waals surface area contributed by atoms with E-state index in [0.717, 1.165) is 49.5 Å². The quantitative estimate of drug-likeness (QED) is 0.257. The number of anilines is 2. The zero-order valence-corrected chi connectivity index (χ0v) is 32.7. The molecule has 2 aromatic rings. The normalized spacial score (nSPS) is 26.3. The SMILES string of the molecule is C[C@@H]1CN(CCOC2CCC(N3C(=S)N(c4ccc(C#N)c(C(F)(F)F)c4)C(=O)C3(C)C)CC2)C[C@H](C)N1CC(=O)Nc1ccc(C2CCC(=O)NC2=O)cn1. The fourth-order valence-electron chi connectivity index (χ4n) is 8.48. The lowest BCUT2D eigenvalue weighted by Crippen LogP contribution is -2.58. The molecule has 4 aliphatic rings. The summed E-state index contributed by atoms with van der Waals surface area (Å²) in [5, 5.41) is 14.6. The smallest absolute Gasteiger partial charge is 0.377 e. The van der Waals surface area contributed by atoms with Crippen molar-refractivity contribution in [3.05, 3.63) is 53.2 Å². The van der Waals surface area contributed by atoms with Crippen LogP contribution in [0.1, 0.15) is 88.8 Å². The first-order chi connectivity index (χ1) is 26.5. The van der Waals surface area contributed by atoms with Gasteiger partial charge in [0.05, 0.1) is 48.1 Å². The number of amides is 4. The van der Waals surface area contributed by atoms with Crippen LogP contribution in [0.5, 0.6) is 0 Å². The molecular formula is C39H47F3N8O5S. The van der Waals surface area contributed by atoms with Crippen molar-refractivity contribution in [3.8, 4) is 6.07 Å². The minimum atomic E-state index is -4.76. The summed E-state index contributed by atoms with van der Waals surface area (Å²) in [5.74, 6) is -1.26. The highest BCUT2D eigenvalue weighted by atomic mass is 32.1. The van der Waals surface area contributed by atoms with Gasteiger partial charge in [0.25, 0.3) is 5.91 Å². The number of alkyl halides is 3. The van der Waals surface area contributed by atoms with E-state index in [1.54, 1.807) is 38.2 Å². The van der Waals surface area contributed by atoms with Crippen molar-refractivity contribution < 1.29 is 37.1 Å². The minimum absolute atomic E-state index is 0.0143. The molecule has 1 aromatic carbocycles. The fourth-order valence-corrected chi connectivity index (χ4v) is 9.04. The fraction of sp³-hybridized carbons (Fsp3) is 0.564. The molecule has 3 aliphatic heterocycles. The van der Waals surface area contributed by atoms with E-state index in [9.17, 15) is 37.6 Å². The van der Waals surface area contributed by atoms with E-state index in [1.807, 2.05) is 4.90 Å². The van der Waals surface area contributed by atoms with Crippen LogP contribution in [-0.2, 0) is 30.1 Å². The Hall–Kier alpha value is -4.50. The summed E-state index contributed by atoms with van der Waals surface area (Å²) in [4.78, 5) is 62.1. The Morgan fingerprint density at radius 1 is 1.07 bits per heavy atom. The number of hydrogen-bond acceptors (Lipinski definition) is 10. The van der Waals surface area contributed by atoms with Crippen LogP contribution >= 0.6 is 12.2 Å². The highest BCUT2D eigenvalue weighted by Crippen LogP contribution is 2.41. The highest BCUT2D eigenvalue weighted by Gasteiger charge is 2.52. The number of thiocarbonyl (C=S) groups is 1. The number of pyridine rings is 1. The second-order valence-electron chi connectivity index (χ2n) is 15.7. The number of aromatic nitrogens is 1. The van der Waals surface area contributed by atoms with Gasteiger partial charge in [0.2, 0.25) is 17.7 Å². The van der Waals surface area contributed by atoms with E-state index in [4.69, 9.17) is 17.0 Å². The number of nitriles is 1. The van der Waals surface area contributed by atoms with Gasteiger partial charge in [-0.3, -0.25) is 39.2 Å². The van der Waals surface area contributed by atoms with E-state index >= 15 is 0 Å². The van der Waals surface area contributed by atoms with Crippen molar-refractivity contribution in [2.75, 3.05) is 43.0 Å². The molecule has 2 N–H and O–H groups in total. The summed E-state index contributed by atoms with van der Waals surface area (Å²) in [6.07, 6.45) is 0.414. The van der Waals surface area contributed by atoms with E-state index in [2.05, 4.69) is 39.3 Å². The molecule has 0 radical (unpaired) electrons. The molecule has 13 nitrogen and oxygen atoms in total. The molecule has 1 aromatic heterocycles. The van der Waals surface area contributed by atoms with E-state index < -0.39 is 34.7 Å². The molecule has 300 valence electrons. The number of piperazine rings is 1. The Morgan fingerprint density at radius 3 is 2.38 bits per heavy atom. The average Bonchev–Trinajstić information content (AvgIpc) is 3.32. The molecule has 0 spiro atoms. The van der Waals surface area contributed by atoms with Gasteiger partial charge in [-0.05, 0) is 102 Å². The van der Waals surface area contributed by atoms with Gasteiger partial charge in [0.1, 0.15) is 11.4 Å². The Kier molecular flexibility index (Phi) is 12.1. The van der Waals surface area contributed by atoms with E-state index in [-0.39, 0.29) is 65.7 Å². The number of imide groups is 1. The van der Waals surface area contributed by atoms with Crippen LogP contribution in [0.2, 0.25) is 0 Å². The van der Waals surface area contributed by atoms with Gasteiger partial charge < -0.3 is 15.0 Å². The second-order valence-corrected chi connectivity index (χ2v) is 16.0. The maximum atomic E-state index is 13.7. The third kappa shape index (κ3) is 8.73. The predicted molar refractivity (Wildman–Crippen MR) is 204 cm³/mol. The number of hydrogen-bond donors (Lipinski definition) is 2. The number of halogens is 3. The maximum absolute atomic E-state index is 13.7. The number of nitrogens with zero attached hydrogens (tertiary/aromatic N) is 6. The molecule has 4 heterocycles. The zero-order chi connectivity index (χ0) is 40.5. The van der Waals surface area contributed by atoms with Crippen LogP contribution < -0.4 is 15.5 Å². The third-order valence-electron chi connectivity index (χ3n) is 11.4. The number of carbonyl (C=O) groups excluding carboxylic acids is 4. The number of ether oxygens (including phenoxy) is 1. The van der Waals surface area contributed by atoms with Crippen molar-refractivity contribution >= 4 is 52.5 Å². The number of rotatable bonds is 10. The molecule has 17 heteroatoms. The van der Waals surface area contributed by atoms with Crippen LogP contribution in [0.25, 0.3) is 0 Å². The van der Waals surface area contributed by atoms with Crippen molar-refractivity contribution in [1.82, 2.24) is 25.0 Å². The van der Waals surface area contributed by atoms with Crippen molar-refractivity contribution in [1.29, 1.82) is 5.26 Å². The Morgan fingerprint density at radius 2 is 1.77 bits per heavy atom. The van der Waals surface area contributed by atoms with Gasteiger partial charge in [-0.15, -0.1) is 0 Å². The molecule has 1 aliphatic carbocycles. The Bertz CT molecular complexity index is 1880. The summed E-state index contributed by atoms with van der Waals surface area (Å²) in [6, 6.07) is 8.34. The van der Waals surface area contributed by atoms with Gasteiger partial charge in [0.15, 0.2) is 5.11 Å². The number of nitrogens with one attached hydrogen (secondary N) is 2. The molecule has 3 saturated heterocycles. The van der Waals surface area contributed by atoms with Crippen LogP contribution in [-0.4, -0.2) is 111 Å². The molecule has 0 bridgehead atoms. The molecule has 1 unspecified atom stereocenters. The summed E-state index contributed by atoms with van der Waals surface area (Å²) in [6.45, 7) is 10.7. The summed E-state index contributed by atoms with van der Waals surface area (Å²) in [5.41, 5.74) is -2.02. The maximum Gasteiger partial charge on any atom is 0.417 e. The highest BCUT2D eigenvalue weighted by molar-refractivity contribution is 7.80. The topological polar surface area (TPSA) is 151 Å². The Balaban J connectivity index is 0.942. The largest absolute Gasteiger partial charge is 0.417 e. The van der Waals surface area contributed by atoms with Gasteiger partial charge in [-0.25, -0.2) is 4.98 Å². The van der Waals surface area contributed by atoms with Crippen LogP contribution in [0.4, 0.5) is 24.7 Å². The van der Waals surface area contributed by atoms with E-state index in [1.165, 1.54) is 6.07 Å². The minimum Gasteiger partial charge on any atom is -0.377 e. The molecule has 4 fully saturated rings. The monoisotopic (exact) mass is 796 g/mol. The zero-order valence-electron chi connectivity index (χ0n) is 31.9. The van der Waals surface area contributed by atoms with Crippen molar-refractivity contribution in [2.24, 2.45) is 0 Å². The molecular weight excluding hydrogens is 750 g/mol. The first-order valence-corrected chi connectivity index (χ1v) is 19.4.